The molecule has 2 rings (SSSR count). The van der Waals surface area contributed by atoms with Crippen LogP contribution >= 0.6 is 11.6 Å². The van der Waals surface area contributed by atoms with Crippen LogP contribution in [0.15, 0.2) is 18.5 Å². The minimum atomic E-state index is -1.12. The molecule has 0 radical (unpaired) electrons. The smallest absolute Gasteiger partial charge is 0.494 e. The molecule has 0 amide bonds. The number of carbonyl (C=O) groups is 2. The van der Waals surface area contributed by atoms with Crippen LogP contribution in [0.5, 0.6) is 0 Å². The van der Waals surface area contributed by atoms with Crippen molar-refractivity contribution in [2.24, 2.45) is 0 Å². The Bertz CT molecular complexity index is 465. The SMILES string of the molecule is CN1CC(=O)OB(c2ccncc2Cl)OC(=O)C1. The van der Waals surface area contributed by atoms with E-state index in [9.17, 15) is 9.59 Å². The molecular weight excluding hydrogens is 258 g/mol. The number of pyridine rings is 1. The molecule has 0 aliphatic carbocycles. The van der Waals surface area contributed by atoms with Crippen molar-refractivity contribution in [2.45, 2.75) is 0 Å². The highest BCUT2D eigenvalue weighted by molar-refractivity contribution is 6.67. The monoisotopic (exact) mass is 268 g/mol. The van der Waals surface area contributed by atoms with Gasteiger partial charge >= 0.3 is 19.1 Å². The summed E-state index contributed by atoms with van der Waals surface area (Å²) in [6.07, 6.45) is 2.87. The number of halogens is 1. The maximum absolute atomic E-state index is 11.5. The maximum atomic E-state index is 11.5. The van der Waals surface area contributed by atoms with Crippen LogP contribution in [0, 0.1) is 0 Å². The average molecular weight is 268 g/mol. The van der Waals surface area contributed by atoms with Gasteiger partial charge in [-0.1, -0.05) is 11.6 Å². The first kappa shape index (κ1) is 12.9. The fourth-order valence-corrected chi connectivity index (χ4v) is 1.75. The molecule has 1 aromatic rings. The lowest BCUT2D eigenvalue weighted by Gasteiger charge is -2.22. The summed E-state index contributed by atoms with van der Waals surface area (Å²) in [5.74, 6) is -0.967. The van der Waals surface area contributed by atoms with E-state index in [1.807, 2.05) is 0 Å². The second kappa shape index (κ2) is 5.37. The van der Waals surface area contributed by atoms with Crippen LogP contribution in [0.3, 0.4) is 0 Å². The van der Waals surface area contributed by atoms with E-state index < -0.39 is 19.1 Å². The first-order valence-corrected chi connectivity index (χ1v) is 5.61. The molecule has 2 heterocycles. The number of carbonyl (C=O) groups excluding carboxylic acids is 2. The Balaban J connectivity index is 2.24. The third kappa shape index (κ3) is 2.99. The van der Waals surface area contributed by atoms with Crippen LogP contribution in [0.1, 0.15) is 0 Å². The highest BCUT2D eigenvalue weighted by Crippen LogP contribution is 2.07. The Labute approximate surface area is 109 Å². The molecule has 1 fully saturated rings. The summed E-state index contributed by atoms with van der Waals surface area (Å²) in [6.45, 7) is 0.0443. The zero-order valence-electron chi connectivity index (χ0n) is 9.63. The fraction of sp³-hybridized carbons (Fsp3) is 0.300. The van der Waals surface area contributed by atoms with Gasteiger partial charge in [0.2, 0.25) is 0 Å². The molecule has 1 aromatic heterocycles. The molecular formula is C10H10BClN2O4. The second-order valence-electron chi connectivity index (χ2n) is 3.88. The molecule has 0 aromatic carbocycles. The van der Waals surface area contributed by atoms with Crippen LogP contribution in [0.4, 0.5) is 0 Å². The van der Waals surface area contributed by atoms with Gasteiger partial charge in [0.15, 0.2) is 0 Å². The summed E-state index contributed by atoms with van der Waals surface area (Å²) in [6, 6.07) is 1.54. The van der Waals surface area contributed by atoms with Gasteiger partial charge < -0.3 is 9.31 Å². The molecule has 94 valence electrons. The topological polar surface area (TPSA) is 68.7 Å². The highest BCUT2D eigenvalue weighted by atomic mass is 35.5. The lowest BCUT2D eigenvalue weighted by molar-refractivity contribution is -0.145. The lowest BCUT2D eigenvalue weighted by Crippen LogP contribution is -2.48. The summed E-state index contributed by atoms with van der Waals surface area (Å²) in [5, 5.41) is 0.275. The summed E-state index contributed by atoms with van der Waals surface area (Å²) >= 11 is 5.92. The van der Waals surface area contributed by atoms with Gasteiger partial charge in [-0.15, -0.1) is 0 Å². The number of nitrogens with zero attached hydrogens (tertiary/aromatic N) is 2. The van der Waals surface area contributed by atoms with Crippen LogP contribution in [-0.4, -0.2) is 49.1 Å². The van der Waals surface area contributed by atoms with E-state index in [1.165, 1.54) is 17.3 Å². The zero-order valence-corrected chi connectivity index (χ0v) is 10.4. The van der Waals surface area contributed by atoms with Gasteiger partial charge in [-0.2, -0.15) is 0 Å². The Kier molecular flexibility index (Phi) is 3.83. The number of hydrogen-bond donors (Lipinski definition) is 0. The largest absolute Gasteiger partial charge is 0.638 e. The molecule has 0 bridgehead atoms. The van der Waals surface area contributed by atoms with Crippen molar-refractivity contribution in [2.75, 3.05) is 20.1 Å². The minimum absolute atomic E-state index is 0.0221. The molecule has 18 heavy (non-hydrogen) atoms. The van der Waals surface area contributed by atoms with Gasteiger partial charge in [-0.05, 0) is 13.1 Å². The Hall–Kier alpha value is -1.60. The second-order valence-corrected chi connectivity index (χ2v) is 4.29. The third-order valence-corrected chi connectivity index (χ3v) is 2.65. The molecule has 0 unspecified atom stereocenters. The molecule has 6 nitrogen and oxygen atoms in total. The van der Waals surface area contributed by atoms with Crippen molar-refractivity contribution in [3.63, 3.8) is 0 Å². The predicted octanol–water partition coefficient (Wildman–Crippen LogP) is -0.538. The van der Waals surface area contributed by atoms with Crippen LogP contribution in [0.2, 0.25) is 5.02 Å². The molecule has 0 spiro atoms. The number of likely N-dealkylation sites (N-methyl/N-ethyl adjacent to an activating group) is 1. The maximum Gasteiger partial charge on any atom is 0.638 e. The van der Waals surface area contributed by atoms with Crippen molar-refractivity contribution in [1.82, 2.24) is 9.88 Å². The Morgan fingerprint density at radius 3 is 2.50 bits per heavy atom. The first-order valence-electron chi connectivity index (χ1n) is 5.23. The molecule has 0 saturated carbocycles. The van der Waals surface area contributed by atoms with Crippen molar-refractivity contribution in [1.29, 1.82) is 0 Å². The average Bonchev–Trinajstić information content (AvgIpc) is 2.26. The molecule has 1 saturated heterocycles. The van der Waals surface area contributed by atoms with E-state index in [4.69, 9.17) is 20.9 Å². The number of hydrogen-bond acceptors (Lipinski definition) is 6. The lowest BCUT2D eigenvalue weighted by atomic mass is 9.79. The van der Waals surface area contributed by atoms with Gasteiger partial charge in [0.1, 0.15) is 0 Å². The van der Waals surface area contributed by atoms with Crippen molar-refractivity contribution < 1.29 is 18.9 Å². The van der Waals surface area contributed by atoms with Gasteiger partial charge in [0.05, 0.1) is 18.1 Å². The predicted molar refractivity (Wildman–Crippen MR) is 64.3 cm³/mol. The van der Waals surface area contributed by atoms with Gasteiger partial charge in [-0.3, -0.25) is 19.5 Å². The van der Waals surface area contributed by atoms with E-state index in [2.05, 4.69) is 4.98 Å². The molecule has 1 aliphatic rings. The van der Waals surface area contributed by atoms with Crippen molar-refractivity contribution in [3.05, 3.63) is 23.5 Å². The summed E-state index contributed by atoms with van der Waals surface area (Å²) in [7, 11) is 0.511. The Morgan fingerprint density at radius 1 is 1.33 bits per heavy atom. The van der Waals surface area contributed by atoms with Gasteiger partial charge in [0.25, 0.3) is 0 Å². The van der Waals surface area contributed by atoms with Gasteiger partial charge in [-0.25, -0.2) is 0 Å². The Morgan fingerprint density at radius 2 is 1.94 bits per heavy atom. The quantitative estimate of drug-likeness (QED) is 0.637. The van der Waals surface area contributed by atoms with Crippen LogP contribution in [0.25, 0.3) is 0 Å². The van der Waals surface area contributed by atoms with E-state index >= 15 is 0 Å². The molecule has 1 aliphatic heterocycles. The first-order chi connectivity index (χ1) is 8.56. The van der Waals surface area contributed by atoms with E-state index in [1.54, 1.807) is 13.1 Å². The van der Waals surface area contributed by atoms with Crippen molar-refractivity contribution in [3.8, 4) is 0 Å². The zero-order chi connectivity index (χ0) is 13.1. The minimum Gasteiger partial charge on any atom is -0.494 e. The third-order valence-electron chi connectivity index (χ3n) is 2.33. The number of rotatable bonds is 1. The summed E-state index contributed by atoms with van der Waals surface area (Å²) in [4.78, 5) is 28.4. The highest BCUT2D eigenvalue weighted by Gasteiger charge is 2.35. The van der Waals surface area contributed by atoms with Crippen LogP contribution in [-0.2, 0) is 18.9 Å². The molecule has 8 heteroatoms. The summed E-state index contributed by atoms with van der Waals surface area (Å²) < 4.78 is 10.1. The normalized spacial score (nSPS) is 17.8. The van der Waals surface area contributed by atoms with Gasteiger partial charge in [0, 0.05) is 17.9 Å². The van der Waals surface area contributed by atoms with E-state index in [0.717, 1.165) is 0 Å². The molecule has 0 atom stereocenters. The molecule has 0 N–H and O–H groups in total. The van der Waals surface area contributed by atoms with Crippen LogP contribution < -0.4 is 5.46 Å². The van der Waals surface area contributed by atoms with Crippen molar-refractivity contribution >= 4 is 36.1 Å². The number of aromatic nitrogens is 1. The summed E-state index contributed by atoms with van der Waals surface area (Å²) in [5.41, 5.74) is 0.401. The van der Waals surface area contributed by atoms with E-state index in [-0.39, 0.29) is 18.1 Å². The standard InChI is InChI=1S/C10H10BClN2O4/c1-14-5-9(15)17-11(18-10(16)6-14)7-2-3-13-4-8(7)12/h2-4H,5-6H2,1H3. The van der Waals surface area contributed by atoms with E-state index in [0.29, 0.717) is 5.46 Å². The fourth-order valence-electron chi connectivity index (χ4n) is 1.54.